The van der Waals surface area contributed by atoms with Gasteiger partial charge in [-0.1, -0.05) is 12.2 Å². The lowest BCUT2D eigenvalue weighted by atomic mass is 9.75. The number of carbonyl (C=O) groups is 2. The molecule has 0 unspecified atom stereocenters. The van der Waals surface area contributed by atoms with Crippen LogP contribution in [0.2, 0.25) is 0 Å². The molecule has 1 fully saturated rings. The second-order valence-corrected chi connectivity index (χ2v) is 13.4. The lowest BCUT2D eigenvalue weighted by Gasteiger charge is -2.32. The number of amides is 2. The van der Waals surface area contributed by atoms with E-state index < -0.39 is 23.4 Å². The average molecular weight is 705 g/mol. The summed E-state index contributed by atoms with van der Waals surface area (Å²) in [7, 11) is 4.00. The molecule has 0 aromatic heterocycles. The first-order valence-corrected chi connectivity index (χ1v) is 15.7. The van der Waals surface area contributed by atoms with Gasteiger partial charge in [-0.3, -0.25) is 9.59 Å². The molecule has 2 aromatic carbocycles. The molecule has 14 heteroatoms. The van der Waals surface area contributed by atoms with Crippen LogP contribution in [0.15, 0.2) is 46.4 Å². The Balaban J connectivity index is 0.000000192. The van der Waals surface area contributed by atoms with E-state index in [1.54, 1.807) is 6.07 Å². The Morgan fingerprint density at radius 2 is 1.28 bits per heavy atom. The van der Waals surface area contributed by atoms with Crippen LogP contribution < -0.4 is 22.9 Å². The molecule has 250 valence electrons. The molecule has 3 aliphatic rings. The van der Waals surface area contributed by atoms with Gasteiger partial charge in [-0.05, 0) is 106 Å². The fraction of sp³-hybridized carbons (Fsp3) is 0.438. The van der Waals surface area contributed by atoms with Gasteiger partial charge in [-0.25, -0.2) is 8.78 Å². The summed E-state index contributed by atoms with van der Waals surface area (Å²) in [6.07, 6.45) is 6.00. The predicted molar refractivity (Wildman–Crippen MR) is 183 cm³/mol. The average Bonchev–Trinajstić information content (AvgIpc) is 3.18. The molecule has 2 aromatic rings. The van der Waals surface area contributed by atoms with Gasteiger partial charge < -0.3 is 42.0 Å². The zero-order valence-corrected chi connectivity index (χ0v) is 28.8. The number of hydrogen-bond acceptors (Lipinski definition) is 8. The fourth-order valence-electron chi connectivity index (χ4n) is 4.92. The van der Waals surface area contributed by atoms with Gasteiger partial charge in [0.25, 0.3) is 11.8 Å². The van der Waals surface area contributed by atoms with Gasteiger partial charge in [-0.2, -0.15) is 0 Å². The van der Waals surface area contributed by atoms with Crippen molar-refractivity contribution in [2.75, 3.05) is 51.7 Å². The standard InChI is InChI=1S/C13H16FN3O.C12H22BNO2.C7H6BrFN2O/c1-17-6-4-8(5-7-17)9-2-3-10(15)11(12(9)14)13(16)18;1-11(2)12(3,4)16-13(15-11)10-6-8-14(5)9-7-10;8-3-1-2-4(10)5(6(3)9)7(11)12/h2-4H,5-7,15H2,1H3,(H2,16,18);6H,7-9H2,1-5H3;1-2H,10H2,(H2,11,12). The maximum atomic E-state index is 14.2. The summed E-state index contributed by atoms with van der Waals surface area (Å²) in [4.78, 5) is 26.3. The van der Waals surface area contributed by atoms with E-state index in [-0.39, 0.29) is 45.3 Å². The highest BCUT2D eigenvalue weighted by Gasteiger charge is 2.52. The number of nitrogen functional groups attached to an aromatic ring is 2. The second-order valence-electron chi connectivity index (χ2n) is 12.6. The van der Waals surface area contributed by atoms with Crippen LogP contribution >= 0.6 is 15.9 Å². The van der Waals surface area contributed by atoms with Crippen molar-refractivity contribution in [3.63, 3.8) is 0 Å². The first kappa shape index (κ1) is 37.2. The lowest BCUT2D eigenvalue weighted by molar-refractivity contribution is 0.00578. The first-order valence-electron chi connectivity index (χ1n) is 14.9. The van der Waals surface area contributed by atoms with Crippen LogP contribution in [0.5, 0.6) is 0 Å². The van der Waals surface area contributed by atoms with Crippen LogP contribution in [0.4, 0.5) is 20.2 Å². The van der Waals surface area contributed by atoms with Crippen molar-refractivity contribution < 1.29 is 27.7 Å². The summed E-state index contributed by atoms with van der Waals surface area (Å²) in [6, 6.07) is 5.95. The minimum absolute atomic E-state index is 0.0446. The Bertz CT molecular complexity index is 1520. The zero-order valence-electron chi connectivity index (χ0n) is 27.3. The minimum atomic E-state index is -0.869. The minimum Gasteiger partial charge on any atom is -0.400 e. The predicted octanol–water partition coefficient (Wildman–Crippen LogP) is 4.37. The number of halogens is 3. The molecular weight excluding hydrogens is 661 g/mol. The molecule has 1 saturated heterocycles. The van der Waals surface area contributed by atoms with Crippen molar-refractivity contribution in [3.05, 3.63) is 74.7 Å². The first-order chi connectivity index (χ1) is 21.4. The van der Waals surface area contributed by atoms with Crippen LogP contribution in [-0.2, 0) is 9.31 Å². The molecule has 0 bridgehead atoms. The quantitative estimate of drug-likeness (QED) is 0.269. The third kappa shape index (κ3) is 8.74. The number of carbonyl (C=O) groups excluding carboxylic acids is 2. The number of benzene rings is 2. The van der Waals surface area contributed by atoms with Gasteiger partial charge in [0.15, 0.2) is 5.82 Å². The van der Waals surface area contributed by atoms with Gasteiger partial charge in [0.1, 0.15) is 5.82 Å². The van der Waals surface area contributed by atoms with Crippen LogP contribution in [0.25, 0.3) is 5.57 Å². The van der Waals surface area contributed by atoms with Crippen LogP contribution in [0.3, 0.4) is 0 Å². The normalized spacial score (nSPS) is 19.2. The van der Waals surface area contributed by atoms with E-state index in [0.29, 0.717) is 5.56 Å². The summed E-state index contributed by atoms with van der Waals surface area (Å²) < 4.78 is 39.5. The number of nitrogens with two attached hydrogens (primary N) is 4. The SMILES string of the molecule is CN1CC=C(B2OC(C)(C)C(C)(C)O2)CC1.CN1CC=C(c2ccc(N)c(C(N)=O)c2F)CC1.NC(=O)c1c(N)ccc(Br)c1F. The number of hydrogen-bond donors (Lipinski definition) is 4. The van der Waals surface area contributed by atoms with Crippen molar-refractivity contribution in [2.45, 2.75) is 51.7 Å². The molecule has 8 N–H and O–H groups in total. The smallest absolute Gasteiger partial charge is 0.400 e. The fourth-order valence-corrected chi connectivity index (χ4v) is 5.25. The van der Waals surface area contributed by atoms with E-state index >= 15 is 0 Å². The van der Waals surface area contributed by atoms with Crippen molar-refractivity contribution in [1.82, 2.24) is 9.80 Å². The van der Waals surface area contributed by atoms with Gasteiger partial charge in [-0.15, -0.1) is 0 Å². The summed E-state index contributed by atoms with van der Waals surface area (Å²) in [5, 5.41) is 0. The number of rotatable bonds is 4. The van der Waals surface area contributed by atoms with Crippen LogP contribution in [0, 0.1) is 11.6 Å². The summed E-state index contributed by atoms with van der Waals surface area (Å²) in [6.45, 7) is 12.1. The molecule has 0 saturated carbocycles. The van der Waals surface area contributed by atoms with Crippen molar-refractivity contribution in [2.24, 2.45) is 11.5 Å². The molecule has 3 heterocycles. The molecule has 0 aliphatic carbocycles. The van der Waals surface area contributed by atoms with E-state index in [2.05, 4.69) is 66.5 Å². The highest BCUT2D eigenvalue weighted by Crippen LogP contribution is 2.39. The maximum Gasteiger partial charge on any atom is 0.490 e. The van der Waals surface area contributed by atoms with Crippen molar-refractivity contribution in [3.8, 4) is 0 Å². The van der Waals surface area contributed by atoms with Crippen molar-refractivity contribution in [1.29, 1.82) is 0 Å². The van der Waals surface area contributed by atoms with E-state index in [1.807, 2.05) is 13.1 Å². The van der Waals surface area contributed by atoms with Crippen LogP contribution in [0.1, 0.15) is 66.8 Å². The second kappa shape index (κ2) is 15.1. The molecule has 0 radical (unpaired) electrons. The van der Waals surface area contributed by atoms with Gasteiger partial charge in [0.05, 0.1) is 26.8 Å². The molecule has 2 amide bonds. The third-order valence-corrected chi connectivity index (χ3v) is 9.17. The summed E-state index contributed by atoms with van der Waals surface area (Å²) >= 11 is 2.91. The largest absolute Gasteiger partial charge is 0.490 e. The van der Waals surface area contributed by atoms with E-state index in [0.717, 1.165) is 44.6 Å². The molecule has 3 aliphatic heterocycles. The number of likely N-dealkylation sites (N-methyl/N-ethyl adjacent to an activating group) is 2. The van der Waals surface area contributed by atoms with E-state index in [1.165, 1.54) is 23.7 Å². The third-order valence-electron chi connectivity index (χ3n) is 8.56. The maximum absolute atomic E-state index is 14.2. The number of primary amides is 2. The van der Waals surface area contributed by atoms with Gasteiger partial charge >= 0.3 is 7.12 Å². The molecule has 5 rings (SSSR count). The molecule has 0 atom stereocenters. The molecule has 10 nitrogen and oxygen atoms in total. The lowest BCUT2D eigenvalue weighted by Crippen LogP contribution is -2.41. The summed E-state index contributed by atoms with van der Waals surface area (Å²) in [5.41, 5.74) is 22.8. The highest BCUT2D eigenvalue weighted by atomic mass is 79.9. The Labute approximate surface area is 278 Å². The number of nitrogens with zero attached hydrogens (tertiary/aromatic N) is 2. The van der Waals surface area contributed by atoms with E-state index in [4.69, 9.17) is 32.2 Å². The molecule has 0 spiro atoms. The zero-order chi connectivity index (χ0) is 34.6. The van der Waals surface area contributed by atoms with Gasteiger partial charge in [0, 0.05) is 43.1 Å². The monoisotopic (exact) mass is 704 g/mol. The molecular formula is C32H44BBrF2N6O4. The van der Waals surface area contributed by atoms with E-state index in [9.17, 15) is 18.4 Å². The Morgan fingerprint density at radius 3 is 1.72 bits per heavy atom. The Kier molecular flexibility index (Phi) is 12.2. The highest BCUT2D eigenvalue weighted by molar-refractivity contribution is 9.10. The Hall–Kier alpha value is -3.30. The van der Waals surface area contributed by atoms with Crippen molar-refractivity contribution >= 4 is 51.8 Å². The summed E-state index contributed by atoms with van der Waals surface area (Å²) in [5.74, 6) is -3.03. The van der Waals surface area contributed by atoms with Crippen LogP contribution in [-0.4, -0.2) is 80.2 Å². The number of anilines is 2. The topological polar surface area (TPSA) is 163 Å². The molecule has 46 heavy (non-hydrogen) atoms. The Morgan fingerprint density at radius 1 is 0.804 bits per heavy atom. The van der Waals surface area contributed by atoms with Gasteiger partial charge in [0.2, 0.25) is 0 Å².